The molecule has 2 aromatic heterocycles. The van der Waals surface area contributed by atoms with Crippen LogP contribution in [0, 0.1) is 12.7 Å². The molecule has 10 heteroatoms. The van der Waals surface area contributed by atoms with Gasteiger partial charge in [0.15, 0.2) is 5.58 Å². The molecule has 1 aromatic carbocycles. The first-order valence-corrected chi connectivity index (χ1v) is 17.5. The lowest BCUT2D eigenvalue weighted by atomic mass is 9.91. The number of aryl methyl sites for hydroxylation is 1. The maximum Gasteiger partial charge on any atom is 0.257 e. The van der Waals surface area contributed by atoms with Gasteiger partial charge in [0.05, 0.1) is 5.69 Å². The zero-order valence-electron chi connectivity index (χ0n) is 18.4. The Balaban J connectivity index is 0.00000126. The third kappa shape index (κ3) is 5.27. The highest BCUT2D eigenvalue weighted by molar-refractivity contribution is 15.0. The van der Waals surface area contributed by atoms with Crippen molar-refractivity contribution in [1.29, 1.82) is 0 Å². The summed E-state index contributed by atoms with van der Waals surface area (Å²) in [5.74, 6) is 0.489. The van der Waals surface area contributed by atoms with Crippen LogP contribution in [0.15, 0.2) is 27.5 Å². The predicted molar refractivity (Wildman–Crippen MR) is 142 cm³/mol. The van der Waals surface area contributed by atoms with Crippen molar-refractivity contribution in [3.63, 3.8) is 0 Å². The second-order valence-corrected chi connectivity index (χ2v) is 8.72. The molecule has 33 heavy (non-hydrogen) atoms. The Morgan fingerprint density at radius 2 is 1.97 bits per heavy atom. The van der Waals surface area contributed by atoms with Gasteiger partial charge in [0.2, 0.25) is 0 Å². The van der Waals surface area contributed by atoms with Crippen molar-refractivity contribution in [1.82, 2.24) is 19.6 Å². The van der Waals surface area contributed by atoms with E-state index in [0.717, 1.165) is 61.2 Å². The summed E-state index contributed by atoms with van der Waals surface area (Å²) in [5, 5.41) is 15.3. The fourth-order valence-corrected chi connectivity index (χ4v) is 4.98. The van der Waals surface area contributed by atoms with Crippen LogP contribution in [0.2, 0.25) is 0 Å². The summed E-state index contributed by atoms with van der Waals surface area (Å²) < 4.78 is 20.4. The molecule has 2 aliphatic heterocycles. The molecule has 1 atom stereocenters. The van der Waals surface area contributed by atoms with E-state index in [1.807, 2.05) is 6.92 Å². The van der Waals surface area contributed by atoms with Crippen LogP contribution in [0.5, 0.6) is 0 Å². The van der Waals surface area contributed by atoms with E-state index in [2.05, 4.69) is 52.3 Å². The molecule has 0 spiro atoms. The molecule has 0 amide bonds. The van der Waals surface area contributed by atoms with Crippen LogP contribution in [-0.2, 0) is 13.0 Å². The molecular weight excluding hydrogens is 653 g/mol. The molecule has 7 nitrogen and oxygen atoms in total. The lowest BCUT2D eigenvalue weighted by Crippen LogP contribution is -2.37. The fraction of sp³-hybridized carbons (Fsp3) is 0.522. The summed E-state index contributed by atoms with van der Waals surface area (Å²) in [7, 11) is 0. The summed E-state index contributed by atoms with van der Waals surface area (Å²) in [4.78, 5) is 19.9. The summed E-state index contributed by atoms with van der Waals surface area (Å²) in [6.45, 7) is 5.13. The zero-order valence-corrected chi connectivity index (χ0v) is 22.8. The van der Waals surface area contributed by atoms with Gasteiger partial charge in [-0.3, -0.25) is 9.36 Å². The second-order valence-electron chi connectivity index (χ2n) is 8.72. The highest BCUT2D eigenvalue weighted by Crippen LogP contribution is 2.32. The smallest absolute Gasteiger partial charge is 0.257 e. The van der Waals surface area contributed by atoms with E-state index in [9.17, 15) is 14.3 Å². The molecule has 1 fully saturated rings. The van der Waals surface area contributed by atoms with Crippen molar-refractivity contribution in [2.75, 3.05) is 19.6 Å². The molecule has 0 aliphatic carbocycles. The first-order chi connectivity index (χ1) is 16.0. The topological polar surface area (TPSA) is 84.4 Å². The highest BCUT2D eigenvalue weighted by Gasteiger charge is 2.26. The Hall–Kier alpha value is -1.12. The minimum Gasteiger partial charge on any atom is -0.385 e. The van der Waals surface area contributed by atoms with Crippen LogP contribution in [-0.4, -0.2) is 44.3 Å². The van der Waals surface area contributed by atoms with Crippen molar-refractivity contribution < 1.29 is 14.0 Å². The summed E-state index contributed by atoms with van der Waals surface area (Å²) in [6, 6.07) is 4.58. The van der Waals surface area contributed by atoms with Gasteiger partial charge in [-0.2, -0.15) is 0 Å². The van der Waals surface area contributed by atoms with Crippen LogP contribution in [0.3, 0.4) is 0 Å². The minimum absolute atomic E-state index is 0.00237. The maximum absolute atomic E-state index is 13.4. The number of benzene rings is 1. The monoisotopic (exact) mass is 680 g/mol. The van der Waals surface area contributed by atoms with Gasteiger partial charge in [0.25, 0.3) is 5.56 Å². The van der Waals surface area contributed by atoms with Crippen molar-refractivity contribution in [3.8, 4) is 0 Å². The Morgan fingerprint density at radius 1 is 1.21 bits per heavy atom. The van der Waals surface area contributed by atoms with Gasteiger partial charge in [0, 0.05) is 78.9 Å². The van der Waals surface area contributed by atoms with Crippen LogP contribution in [0.4, 0.5) is 4.39 Å². The molecule has 0 bridgehead atoms. The fourth-order valence-electron chi connectivity index (χ4n) is 4.98. The van der Waals surface area contributed by atoms with Crippen molar-refractivity contribution in [3.05, 3.63) is 57.1 Å². The molecule has 4 heterocycles. The van der Waals surface area contributed by atoms with E-state index in [1.165, 1.54) is 12.1 Å². The third-order valence-electron chi connectivity index (χ3n) is 6.77. The quantitative estimate of drug-likeness (QED) is 0.397. The molecule has 0 saturated carbocycles. The van der Waals surface area contributed by atoms with E-state index in [0.29, 0.717) is 36.7 Å². The molecule has 178 valence electrons. The summed E-state index contributed by atoms with van der Waals surface area (Å²) in [6.07, 6.45) is 3.38. The first kappa shape index (κ1) is 25.0. The number of aromatic nitrogens is 3. The standard InChI is InChI=1S/C23H27FN4O3.I2/c1-14-17(23(30)28-9-2-3-19(29)22(28)25-14)8-12-27-10-6-15(7-11-27)21-18-5-4-16(24)13-20(18)31-26-21;1-2/h4-5,13,15,19,29H,2-3,6-12H2,1H3;. The minimum atomic E-state index is -0.641. The van der Waals surface area contributed by atoms with Gasteiger partial charge in [0.1, 0.15) is 17.7 Å². The number of rotatable bonds is 4. The maximum atomic E-state index is 13.4. The molecule has 1 unspecified atom stereocenters. The molecule has 2 aliphatic rings. The van der Waals surface area contributed by atoms with Crippen LogP contribution in [0.25, 0.3) is 11.0 Å². The van der Waals surface area contributed by atoms with Gasteiger partial charge >= 0.3 is 0 Å². The number of halogens is 3. The Labute approximate surface area is 215 Å². The number of nitrogens with zero attached hydrogens (tertiary/aromatic N) is 4. The molecule has 1 saturated heterocycles. The van der Waals surface area contributed by atoms with E-state index >= 15 is 0 Å². The number of fused-ring (bicyclic) bond motifs is 2. The lowest BCUT2D eigenvalue weighted by molar-refractivity contribution is 0.129. The molecule has 5 rings (SSSR count). The van der Waals surface area contributed by atoms with Crippen LogP contribution >= 0.6 is 37.2 Å². The Morgan fingerprint density at radius 3 is 2.73 bits per heavy atom. The molecule has 3 aromatic rings. The number of hydrogen-bond donors (Lipinski definition) is 1. The SMILES string of the molecule is Cc1nc2n(c(=O)c1CCN1CCC(c3noc4cc(F)ccc34)CC1)CCCC2O.II. The molecule has 0 radical (unpaired) electrons. The zero-order chi connectivity index (χ0) is 23.5. The van der Waals surface area contributed by atoms with Gasteiger partial charge in [-0.1, -0.05) is 5.16 Å². The normalized spacial score (nSPS) is 19.2. The van der Waals surface area contributed by atoms with E-state index in [4.69, 9.17) is 4.52 Å². The third-order valence-corrected chi connectivity index (χ3v) is 6.77. The van der Waals surface area contributed by atoms with Crippen LogP contribution in [0.1, 0.15) is 60.5 Å². The van der Waals surface area contributed by atoms with Crippen LogP contribution < -0.4 is 5.56 Å². The Bertz CT molecular complexity index is 1170. The largest absolute Gasteiger partial charge is 0.385 e. The summed E-state index contributed by atoms with van der Waals surface area (Å²) in [5.41, 5.74) is 2.90. The van der Waals surface area contributed by atoms with Crippen molar-refractivity contribution in [2.45, 2.75) is 57.6 Å². The predicted octanol–water partition coefficient (Wildman–Crippen LogP) is 4.85. The second kappa shape index (κ2) is 11.1. The van der Waals surface area contributed by atoms with Gasteiger partial charge in [-0.05, 0) is 64.3 Å². The lowest BCUT2D eigenvalue weighted by Gasteiger charge is -2.31. The van der Waals surface area contributed by atoms with E-state index in [1.54, 1.807) is 10.6 Å². The first-order valence-electron chi connectivity index (χ1n) is 11.2. The average Bonchev–Trinajstić information content (AvgIpc) is 3.24. The molecular formula is C23H27FI2N4O3. The van der Waals surface area contributed by atoms with Gasteiger partial charge < -0.3 is 14.5 Å². The highest BCUT2D eigenvalue weighted by atomic mass is 128. The number of hydrogen-bond acceptors (Lipinski definition) is 6. The number of aliphatic hydroxyl groups is 1. The summed E-state index contributed by atoms with van der Waals surface area (Å²) >= 11 is 4.24. The number of likely N-dealkylation sites (tertiary alicyclic amines) is 1. The number of aliphatic hydroxyl groups excluding tert-OH is 1. The van der Waals surface area contributed by atoms with Gasteiger partial charge in [-0.25, -0.2) is 9.37 Å². The van der Waals surface area contributed by atoms with Crippen molar-refractivity contribution in [2.24, 2.45) is 0 Å². The van der Waals surface area contributed by atoms with Gasteiger partial charge in [-0.15, -0.1) is 0 Å². The molecule has 1 N–H and O–H groups in total. The van der Waals surface area contributed by atoms with Crippen molar-refractivity contribution >= 4 is 48.2 Å². The Kier molecular flexibility index (Phi) is 8.39. The van der Waals surface area contributed by atoms with E-state index in [-0.39, 0.29) is 11.4 Å². The average molecular weight is 680 g/mol. The number of piperidine rings is 1. The van der Waals surface area contributed by atoms with E-state index < -0.39 is 6.10 Å².